The number of hydrogen-bond donors (Lipinski definition) is 1. The van der Waals surface area contributed by atoms with E-state index >= 15 is 0 Å². The lowest BCUT2D eigenvalue weighted by Crippen LogP contribution is -2.24. The van der Waals surface area contributed by atoms with E-state index in [0.29, 0.717) is 12.0 Å². The molecule has 0 spiro atoms. The predicted molar refractivity (Wildman–Crippen MR) is 62.9 cm³/mol. The summed E-state index contributed by atoms with van der Waals surface area (Å²) in [7, 11) is 1.82. The molecule has 0 aliphatic carbocycles. The highest BCUT2D eigenvalue weighted by molar-refractivity contribution is 5.27. The molecule has 0 fully saturated rings. The second kappa shape index (κ2) is 6.18. The highest BCUT2D eigenvalue weighted by Gasteiger charge is 2.34. The molecule has 0 aliphatic rings. The zero-order valence-corrected chi connectivity index (χ0v) is 10.4. The lowest BCUT2D eigenvalue weighted by molar-refractivity contribution is -0.140. The summed E-state index contributed by atoms with van der Waals surface area (Å²) in [5.41, 5.74) is -0.671. The minimum Gasteiger partial charge on any atom is -0.317 e. The molecule has 18 heavy (non-hydrogen) atoms. The maximum Gasteiger partial charge on any atom is 0.419 e. The van der Waals surface area contributed by atoms with Gasteiger partial charge >= 0.3 is 6.18 Å². The normalized spacial score (nSPS) is 13.7. The zero-order valence-electron chi connectivity index (χ0n) is 10.4. The third-order valence-electron chi connectivity index (χ3n) is 3.02. The average molecular weight is 263 g/mol. The van der Waals surface area contributed by atoms with Crippen molar-refractivity contribution in [3.63, 3.8) is 0 Å². The lowest BCUT2D eigenvalue weighted by Gasteiger charge is -2.14. The molecule has 0 heterocycles. The Morgan fingerprint density at radius 3 is 2.44 bits per heavy atom. The van der Waals surface area contributed by atoms with Crippen molar-refractivity contribution in [2.45, 2.75) is 38.4 Å². The number of benzene rings is 1. The van der Waals surface area contributed by atoms with Crippen LogP contribution in [-0.4, -0.2) is 13.1 Å². The number of alkyl halides is 3. The van der Waals surface area contributed by atoms with Gasteiger partial charge in [-0.3, -0.25) is 0 Å². The quantitative estimate of drug-likeness (QED) is 0.797. The van der Waals surface area contributed by atoms with E-state index in [4.69, 9.17) is 0 Å². The van der Waals surface area contributed by atoms with Gasteiger partial charge in [-0.15, -0.1) is 0 Å². The molecule has 0 radical (unpaired) electrons. The van der Waals surface area contributed by atoms with Gasteiger partial charge < -0.3 is 5.32 Å². The van der Waals surface area contributed by atoms with Gasteiger partial charge in [0.2, 0.25) is 0 Å². The predicted octanol–water partition coefficient (Wildman–Crippen LogP) is 3.78. The van der Waals surface area contributed by atoms with Crippen molar-refractivity contribution in [3.05, 3.63) is 35.1 Å². The van der Waals surface area contributed by atoms with Crippen molar-refractivity contribution >= 4 is 0 Å². The third-order valence-corrected chi connectivity index (χ3v) is 3.02. The molecular weight excluding hydrogens is 246 g/mol. The smallest absolute Gasteiger partial charge is 0.317 e. The van der Waals surface area contributed by atoms with Gasteiger partial charge in [0.1, 0.15) is 5.82 Å². The van der Waals surface area contributed by atoms with Crippen LogP contribution in [0.2, 0.25) is 0 Å². The molecule has 0 bridgehead atoms. The number of hydrogen-bond acceptors (Lipinski definition) is 1. The van der Waals surface area contributed by atoms with Gasteiger partial charge in [-0.25, -0.2) is 4.39 Å². The number of aryl methyl sites for hydroxylation is 1. The standard InChI is InChI=1S/C13H17F4N/c1-3-10(18-2)6-4-9-5-7-12(14)11(8-9)13(15,16)17/h5,7-8,10,18H,3-4,6H2,1-2H3. The van der Waals surface area contributed by atoms with Gasteiger partial charge in [0.25, 0.3) is 0 Å². The summed E-state index contributed by atoms with van der Waals surface area (Å²) in [5.74, 6) is -1.22. The molecule has 1 unspecified atom stereocenters. The second-order valence-electron chi connectivity index (χ2n) is 4.24. The molecular formula is C13H17F4N. The number of halogens is 4. The molecule has 0 aliphatic heterocycles. The van der Waals surface area contributed by atoms with Crippen LogP contribution in [0.4, 0.5) is 17.6 Å². The molecule has 0 saturated carbocycles. The first-order chi connectivity index (χ1) is 8.38. The molecule has 0 saturated heterocycles. The Morgan fingerprint density at radius 1 is 1.28 bits per heavy atom. The molecule has 102 valence electrons. The van der Waals surface area contributed by atoms with E-state index in [9.17, 15) is 17.6 Å². The van der Waals surface area contributed by atoms with Crippen molar-refractivity contribution in [2.24, 2.45) is 0 Å². The maximum absolute atomic E-state index is 13.1. The van der Waals surface area contributed by atoms with E-state index in [-0.39, 0.29) is 6.04 Å². The summed E-state index contributed by atoms with van der Waals surface area (Å²) in [4.78, 5) is 0. The molecule has 1 aromatic rings. The minimum atomic E-state index is -4.63. The SMILES string of the molecule is CCC(CCc1ccc(F)c(C(F)(F)F)c1)NC. The lowest BCUT2D eigenvalue weighted by atomic mass is 10.0. The van der Waals surface area contributed by atoms with Crippen molar-refractivity contribution in [1.82, 2.24) is 5.32 Å². The van der Waals surface area contributed by atoms with Gasteiger partial charge in [0.15, 0.2) is 0 Å². The summed E-state index contributed by atoms with van der Waals surface area (Å²) in [6, 6.07) is 3.47. The summed E-state index contributed by atoms with van der Waals surface area (Å²) >= 11 is 0. The van der Waals surface area contributed by atoms with E-state index in [1.807, 2.05) is 14.0 Å². The Hall–Kier alpha value is -1.10. The van der Waals surface area contributed by atoms with Gasteiger partial charge in [0, 0.05) is 6.04 Å². The van der Waals surface area contributed by atoms with Crippen molar-refractivity contribution in [2.75, 3.05) is 7.05 Å². The van der Waals surface area contributed by atoms with Crippen molar-refractivity contribution in [3.8, 4) is 0 Å². The van der Waals surface area contributed by atoms with Gasteiger partial charge in [-0.05, 0) is 44.0 Å². The van der Waals surface area contributed by atoms with Crippen LogP contribution in [-0.2, 0) is 12.6 Å². The Kier molecular flexibility index (Phi) is 5.14. The molecule has 5 heteroatoms. The fraction of sp³-hybridized carbons (Fsp3) is 0.538. The first-order valence-electron chi connectivity index (χ1n) is 5.91. The second-order valence-corrected chi connectivity index (χ2v) is 4.24. The van der Waals surface area contributed by atoms with E-state index in [2.05, 4.69) is 5.32 Å². The van der Waals surface area contributed by atoms with Crippen LogP contribution < -0.4 is 5.32 Å². The molecule has 1 atom stereocenters. The fourth-order valence-electron chi connectivity index (χ4n) is 1.84. The topological polar surface area (TPSA) is 12.0 Å². The largest absolute Gasteiger partial charge is 0.419 e. The van der Waals surface area contributed by atoms with Gasteiger partial charge in [-0.1, -0.05) is 13.0 Å². The van der Waals surface area contributed by atoms with Crippen LogP contribution in [0.3, 0.4) is 0 Å². The van der Waals surface area contributed by atoms with E-state index in [1.165, 1.54) is 6.07 Å². The fourth-order valence-corrected chi connectivity index (χ4v) is 1.84. The molecule has 0 aromatic heterocycles. The maximum atomic E-state index is 13.1. The average Bonchev–Trinajstić information content (AvgIpc) is 2.31. The summed E-state index contributed by atoms with van der Waals surface area (Å²) < 4.78 is 50.6. The zero-order chi connectivity index (χ0) is 13.8. The van der Waals surface area contributed by atoms with Crippen LogP contribution in [0.25, 0.3) is 0 Å². The highest BCUT2D eigenvalue weighted by atomic mass is 19.4. The molecule has 1 N–H and O–H groups in total. The highest BCUT2D eigenvalue weighted by Crippen LogP contribution is 2.32. The van der Waals surface area contributed by atoms with E-state index in [1.54, 1.807) is 0 Å². The Bertz CT molecular complexity index is 383. The summed E-state index contributed by atoms with van der Waals surface area (Å²) in [6.45, 7) is 2.01. The Labute approximate surface area is 104 Å². The summed E-state index contributed by atoms with van der Waals surface area (Å²) in [5, 5.41) is 3.08. The minimum absolute atomic E-state index is 0.268. The monoisotopic (exact) mass is 263 g/mol. The van der Waals surface area contributed by atoms with Crippen LogP contribution in [0.15, 0.2) is 18.2 Å². The number of nitrogens with one attached hydrogen (secondary N) is 1. The molecule has 1 aromatic carbocycles. The third kappa shape index (κ3) is 3.98. The Morgan fingerprint density at radius 2 is 1.94 bits per heavy atom. The van der Waals surface area contributed by atoms with Crippen molar-refractivity contribution in [1.29, 1.82) is 0 Å². The van der Waals surface area contributed by atoms with E-state index in [0.717, 1.165) is 25.0 Å². The van der Waals surface area contributed by atoms with Gasteiger partial charge in [-0.2, -0.15) is 13.2 Å². The van der Waals surface area contributed by atoms with E-state index < -0.39 is 17.6 Å². The first kappa shape index (κ1) is 15.0. The van der Waals surface area contributed by atoms with Crippen LogP contribution in [0.1, 0.15) is 30.9 Å². The Balaban J connectivity index is 2.80. The molecule has 1 rings (SSSR count). The van der Waals surface area contributed by atoms with Gasteiger partial charge in [0.05, 0.1) is 5.56 Å². The number of rotatable bonds is 5. The van der Waals surface area contributed by atoms with Crippen LogP contribution in [0.5, 0.6) is 0 Å². The van der Waals surface area contributed by atoms with Crippen LogP contribution >= 0.6 is 0 Å². The van der Waals surface area contributed by atoms with Crippen LogP contribution in [0, 0.1) is 5.82 Å². The molecule has 1 nitrogen and oxygen atoms in total. The molecule has 0 amide bonds. The first-order valence-corrected chi connectivity index (χ1v) is 5.91. The van der Waals surface area contributed by atoms with Crippen molar-refractivity contribution < 1.29 is 17.6 Å². The summed E-state index contributed by atoms with van der Waals surface area (Å²) in [6.07, 6.45) is -2.49.